The van der Waals surface area contributed by atoms with Gasteiger partial charge in [-0.3, -0.25) is 19.7 Å². The van der Waals surface area contributed by atoms with E-state index < -0.39 is 10.8 Å². The molecule has 21 heavy (non-hydrogen) atoms. The zero-order valence-corrected chi connectivity index (χ0v) is 12.2. The minimum Gasteiger partial charge on any atom is -0.469 e. The van der Waals surface area contributed by atoms with Gasteiger partial charge in [0.2, 0.25) is 5.91 Å². The summed E-state index contributed by atoms with van der Waals surface area (Å²) in [7, 11) is 2.88. The fourth-order valence-electron chi connectivity index (χ4n) is 1.88. The summed E-state index contributed by atoms with van der Waals surface area (Å²) >= 11 is 0. The number of nitro benzene ring substituents is 1. The average Bonchev–Trinajstić information content (AvgIpc) is 2.46. The largest absolute Gasteiger partial charge is 0.469 e. The second-order valence-electron chi connectivity index (χ2n) is 4.80. The maximum atomic E-state index is 12.0. The molecule has 1 aromatic rings. The number of methoxy groups -OCH3 is 1. The van der Waals surface area contributed by atoms with Crippen molar-refractivity contribution >= 4 is 17.6 Å². The molecule has 1 atom stereocenters. The molecule has 0 aliphatic rings. The highest BCUT2D eigenvalue weighted by atomic mass is 16.6. The lowest BCUT2D eigenvalue weighted by atomic mass is 10.1. The number of ether oxygens (including phenoxy) is 1. The molecule has 0 bridgehead atoms. The predicted octanol–water partition coefficient (Wildman–Crippen LogP) is 1.40. The number of carbonyl (C=O) groups excluding carboxylic acids is 2. The fourth-order valence-corrected chi connectivity index (χ4v) is 1.88. The second-order valence-corrected chi connectivity index (χ2v) is 4.80. The Balaban J connectivity index is 2.66. The van der Waals surface area contributed by atoms with Gasteiger partial charge < -0.3 is 9.64 Å². The summed E-state index contributed by atoms with van der Waals surface area (Å²) in [6.45, 7) is 1.91. The van der Waals surface area contributed by atoms with Crippen LogP contribution in [-0.2, 0) is 20.7 Å². The van der Waals surface area contributed by atoms with Crippen LogP contribution in [0.15, 0.2) is 24.3 Å². The SMILES string of the molecule is COC(=O)C(C)CN(C)C(=O)Cc1cccc([N+](=O)[O-])c1. The van der Waals surface area contributed by atoms with Gasteiger partial charge in [-0.2, -0.15) is 0 Å². The lowest BCUT2D eigenvalue weighted by Crippen LogP contribution is -2.35. The van der Waals surface area contributed by atoms with E-state index in [9.17, 15) is 19.7 Å². The van der Waals surface area contributed by atoms with E-state index in [4.69, 9.17) is 0 Å². The number of esters is 1. The van der Waals surface area contributed by atoms with Crippen LogP contribution in [0.3, 0.4) is 0 Å². The van der Waals surface area contributed by atoms with Crippen molar-refractivity contribution in [3.05, 3.63) is 39.9 Å². The molecule has 0 radical (unpaired) electrons. The Morgan fingerprint density at radius 2 is 2.10 bits per heavy atom. The third-order valence-corrected chi connectivity index (χ3v) is 3.05. The van der Waals surface area contributed by atoms with Gasteiger partial charge in [0.1, 0.15) is 0 Å². The van der Waals surface area contributed by atoms with Gasteiger partial charge in [0, 0.05) is 25.7 Å². The van der Waals surface area contributed by atoms with Crippen molar-refractivity contribution in [3.8, 4) is 0 Å². The minimum atomic E-state index is -0.503. The summed E-state index contributed by atoms with van der Waals surface area (Å²) in [6, 6.07) is 5.94. The number of nitrogens with zero attached hydrogens (tertiary/aromatic N) is 2. The molecule has 7 nitrogen and oxygen atoms in total. The number of hydrogen-bond acceptors (Lipinski definition) is 5. The fraction of sp³-hybridized carbons (Fsp3) is 0.429. The molecule has 7 heteroatoms. The van der Waals surface area contributed by atoms with Crippen LogP contribution in [0.1, 0.15) is 12.5 Å². The third-order valence-electron chi connectivity index (χ3n) is 3.05. The highest BCUT2D eigenvalue weighted by molar-refractivity contribution is 5.79. The molecule has 0 aromatic heterocycles. The molecule has 0 heterocycles. The summed E-state index contributed by atoms with van der Waals surface area (Å²) in [4.78, 5) is 35.0. The van der Waals surface area contributed by atoms with Gasteiger partial charge in [0.25, 0.3) is 5.69 Å². The molecule has 114 valence electrons. The number of amides is 1. The van der Waals surface area contributed by atoms with E-state index >= 15 is 0 Å². The quantitative estimate of drug-likeness (QED) is 0.449. The molecule has 0 N–H and O–H groups in total. The highest BCUT2D eigenvalue weighted by Gasteiger charge is 2.19. The van der Waals surface area contributed by atoms with Crippen LogP contribution >= 0.6 is 0 Å². The van der Waals surface area contributed by atoms with Crippen LogP contribution in [-0.4, -0.2) is 42.4 Å². The summed E-state index contributed by atoms with van der Waals surface area (Å²) in [5, 5.41) is 10.7. The van der Waals surface area contributed by atoms with Crippen molar-refractivity contribution in [2.24, 2.45) is 5.92 Å². The first-order chi connectivity index (χ1) is 9.85. The molecular formula is C14H18N2O5. The zero-order valence-electron chi connectivity index (χ0n) is 12.2. The van der Waals surface area contributed by atoms with Crippen LogP contribution in [0.5, 0.6) is 0 Å². The monoisotopic (exact) mass is 294 g/mol. The average molecular weight is 294 g/mol. The highest BCUT2D eigenvalue weighted by Crippen LogP contribution is 2.14. The maximum absolute atomic E-state index is 12.0. The van der Waals surface area contributed by atoms with Gasteiger partial charge in [0.15, 0.2) is 0 Å². The van der Waals surface area contributed by atoms with Crippen molar-refractivity contribution in [2.75, 3.05) is 20.7 Å². The summed E-state index contributed by atoms with van der Waals surface area (Å²) < 4.78 is 4.60. The molecule has 0 aliphatic carbocycles. The summed E-state index contributed by atoms with van der Waals surface area (Å²) in [5.41, 5.74) is 0.512. The lowest BCUT2D eigenvalue weighted by Gasteiger charge is -2.20. The van der Waals surface area contributed by atoms with Crippen molar-refractivity contribution < 1.29 is 19.2 Å². The first-order valence-electron chi connectivity index (χ1n) is 6.40. The summed E-state index contributed by atoms with van der Waals surface area (Å²) in [5.74, 6) is -1.02. The predicted molar refractivity (Wildman–Crippen MR) is 75.6 cm³/mol. The molecule has 0 spiro atoms. The maximum Gasteiger partial charge on any atom is 0.310 e. The second kappa shape index (κ2) is 7.37. The number of rotatable bonds is 6. The Morgan fingerprint density at radius 3 is 2.67 bits per heavy atom. The molecule has 0 saturated heterocycles. The number of hydrogen-bond donors (Lipinski definition) is 0. The van der Waals surface area contributed by atoms with Crippen LogP contribution in [0.2, 0.25) is 0 Å². The molecule has 1 rings (SSSR count). The minimum absolute atomic E-state index is 0.0477. The van der Waals surface area contributed by atoms with E-state index in [0.29, 0.717) is 5.56 Å². The lowest BCUT2D eigenvalue weighted by molar-refractivity contribution is -0.384. The number of benzene rings is 1. The summed E-state index contributed by atoms with van der Waals surface area (Å²) in [6.07, 6.45) is 0.0477. The van der Waals surface area contributed by atoms with Crippen LogP contribution in [0.25, 0.3) is 0 Å². The Hall–Kier alpha value is -2.44. The molecule has 1 unspecified atom stereocenters. The van der Waals surface area contributed by atoms with Crippen LogP contribution in [0, 0.1) is 16.0 Å². The van der Waals surface area contributed by atoms with E-state index in [0.717, 1.165) is 0 Å². The molecule has 1 amide bonds. The van der Waals surface area contributed by atoms with E-state index in [1.165, 1.54) is 30.2 Å². The normalized spacial score (nSPS) is 11.6. The van der Waals surface area contributed by atoms with Gasteiger partial charge in [-0.15, -0.1) is 0 Å². The molecule has 0 fully saturated rings. The zero-order chi connectivity index (χ0) is 16.0. The van der Waals surface area contributed by atoms with Crippen molar-refractivity contribution in [1.82, 2.24) is 4.90 Å². The molecule has 1 aromatic carbocycles. The number of nitro groups is 1. The smallest absolute Gasteiger partial charge is 0.310 e. The molecule has 0 saturated carbocycles. The van der Waals surface area contributed by atoms with Gasteiger partial charge >= 0.3 is 5.97 Å². The Labute approximate surface area is 122 Å². The Morgan fingerprint density at radius 1 is 1.43 bits per heavy atom. The Bertz CT molecular complexity index is 544. The first-order valence-corrected chi connectivity index (χ1v) is 6.40. The van der Waals surface area contributed by atoms with E-state index in [1.54, 1.807) is 20.0 Å². The molecule has 0 aliphatic heterocycles. The van der Waals surface area contributed by atoms with E-state index in [-0.39, 0.29) is 30.5 Å². The van der Waals surface area contributed by atoms with Crippen molar-refractivity contribution in [1.29, 1.82) is 0 Å². The van der Waals surface area contributed by atoms with Gasteiger partial charge in [-0.1, -0.05) is 19.1 Å². The van der Waals surface area contributed by atoms with Crippen molar-refractivity contribution in [3.63, 3.8) is 0 Å². The number of likely N-dealkylation sites (N-methyl/N-ethyl adjacent to an activating group) is 1. The topological polar surface area (TPSA) is 89.8 Å². The standard InChI is InChI=1S/C14H18N2O5/c1-10(14(18)21-3)9-15(2)13(17)8-11-5-4-6-12(7-11)16(19)20/h4-7,10H,8-9H2,1-3H3. The van der Waals surface area contributed by atoms with Crippen molar-refractivity contribution in [2.45, 2.75) is 13.3 Å². The number of non-ortho nitro benzene ring substituents is 1. The van der Waals surface area contributed by atoms with Crippen LogP contribution < -0.4 is 0 Å². The van der Waals surface area contributed by atoms with E-state index in [2.05, 4.69) is 4.74 Å². The van der Waals surface area contributed by atoms with Crippen LogP contribution in [0.4, 0.5) is 5.69 Å². The van der Waals surface area contributed by atoms with E-state index in [1.807, 2.05) is 0 Å². The number of carbonyl (C=O) groups is 2. The Kier molecular flexibility index (Phi) is 5.83. The third kappa shape index (κ3) is 4.87. The van der Waals surface area contributed by atoms with Gasteiger partial charge in [-0.25, -0.2) is 0 Å². The molecular weight excluding hydrogens is 276 g/mol. The van der Waals surface area contributed by atoms with Gasteiger partial charge in [0.05, 0.1) is 24.4 Å². The van der Waals surface area contributed by atoms with Gasteiger partial charge in [-0.05, 0) is 5.56 Å². The first kappa shape index (κ1) is 16.6.